The van der Waals surface area contributed by atoms with Crippen LogP contribution < -0.4 is 21.7 Å². The summed E-state index contributed by atoms with van der Waals surface area (Å²) in [5, 5.41) is 12.3. The van der Waals surface area contributed by atoms with Crippen molar-refractivity contribution in [2.75, 3.05) is 25.0 Å². The average molecular weight is 356 g/mol. The minimum atomic E-state index is -4.55. The van der Waals surface area contributed by atoms with Crippen LogP contribution in [0.2, 0.25) is 0 Å². The third kappa shape index (κ3) is 3.50. The molecule has 0 aliphatic carbocycles. The minimum Gasteiger partial charge on any atom is -0.359 e. The van der Waals surface area contributed by atoms with Gasteiger partial charge in [-0.1, -0.05) is 0 Å². The number of alkyl halides is 3. The SMILES string of the molecule is NC(=O)n1nc(NCC(=O)NC2CNC2)c2cc(C(F)(F)F)ccc21. The Balaban J connectivity index is 1.87. The molecule has 5 N–H and O–H groups in total. The second-order valence-corrected chi connectivity index (χ2v) is 5.60. The molecule has 0 atom stereocenters. The van der Waals surface area contributed by atoms with Crippen LogP contribution in [0.4, 0.5) is 23.8 Å². The summed E-state index contributed by atoms with van der Waals surface area (Å²) in [4.78, 5) is 23.2. The second kappa shape index (κ2) is 6.24. The van der Waals surface area contributed by atoms with E-state index in [0.29, 0.717) is 13.1 Å². The van der Waals surface area contributed by atoms with Gasteiger partial charge in [-0.2, -0.15) is 17.9 Å². The van der Waals surface area contributed by atoms with Crippen LogP contribution in [0.3, 0.4) is 0 Å². The summed E-state index contributed by atoms with van der Waals surface area (Å²) < 4.78 is 39.5. The Kier molecular flexibility index (Phi) is 4.25. The van der Waals surface area contributed by atoms with Crippen LogP contribution in [0, 0.1) is 0 Å². The first kappa shape index (κ1) is 17.0. The van der Waals surface area contributed by atoms with Crippen LogP contribution in [0.25, 0.3) is 10.9 Å². The Labute approximate surface area is 139 Å². The second-order valence-electron chi connectivity index (χ2n) is 5.60. The number of primary amides is 1. The molecule has 1 aromatic carbocycles. The lowest BCUT2D eigenvalue weighted by molar-refractivity contribution is -0.137. The Bertz CT molecular complexity index is 828. The van der Waals surface area contributed by atoms with Gasteiger partial charge < -0.3 is 21.7 Å². The molecule has 3 rings (SSSR count). The van der Waals surface area contributed by atoms with Gasteiger partial charge in [0.2, 0.25) is 5.91 Å². The molecule has 0 unspecified atom stereocenters. The number of anilines is 1. The molecule has 1 saturated heterocycles. The fraction of sp³-hybridized carbons (Fsp3) is 0.357. The number of carbonyl (C=O) groups excluding carboxylic acids is 2. The average Bonchev–Trinajstić information content (AvgIpc) is 2.86. The molecule has 1 fully saturated rings. The van der Waals surface area contributed by atoms with E-state index in [1.165, 1.54) is 0 Å². The summed E-state index contributed by atoms with van der Waals surface area (Å²) in [5.74, 6) is -0.359. The Morgan fingerprint density at radius 1 is 1.36 bits per heavy atom. The van der Waals surface area contributed by atoms with Gasteiger partial charge in [-0.05, 0) is 18.2 Å². The van der Waals surface area contributed by atoms with Crippen molar-refractivity contribution in [3.8, 4) is 0 Å². The Morgan fingerprint density at radius 2 is 2.08 bits per heavy atom. The highest BCUT2D eigenvalue weighted by atomic mass is 19.4. The number of hydrogen-bond acceptors (Lipinski definition) is 5. The predicted molar refractivity (Wildman–Crippen MR) is 83.0 cm³/mol. The number of hydrogen-bond donors (Lipinski definition) is 4. The molecule has 8 nitrogen and oxygen atoms in total. The molecule has 0 saturated carbocycles. The monoisotopic (exact) mass is 356 g/mol. The highest BCUT2D eigenvalue weighted by Gasteiger charge is 2.31. The molecular weight excluding hydrogens is 341 g/mol. The lowest BCUT2D eigenvalue weighted by Crippen LogP contribution is -2.57. The van der Waals surface area contributed by atoms with E-state index in [0.717, 1.165) is 22.9 Å². The fourth-order valence-electron chi connectivity index (χ4n) is 2.43. The van der Waals surface area contributed by atoms with Gasteiger partial charge in [-0.3, -0.25) is 4.79 Å². The molecule has 0 spiro atoms. The maximum absolute atomic E-state index is 12.9. The number of nitrogens with zero attached hydrogens (tertiary/aromatic N) is 2. The lowest BCUT2D eigenvalue weighted by atomic mass is 10.1. The number of benzene rings is 1. The van der Waals surface area contributed by atoms with Crippen molar-refractivity contribution in [3.63, 3.8) is 0 Å². The summed E-state index contributed by atoms with van der Waals surface area (Å²) >= 11 is 0. The van der Waals surface area contributed by atoms with E-state index in [-0.39, 0.29) is 35.2 Å². The standard InChI is InChI=1S/C14H15F3N6O2/c15-14(16,17)7-1-2-10-9(3-7)12(22-23(10)13(18)25)20-6-11(24)21-8-4-19-5-8/h1-3,8,19H,4-6H2,(H2,18,25)(H,20,22)(H,21,24). The van der Waals surface area contributed by atoms with Gasteiger partial charge in [0, 0.05) is 18.5 Å². The Morgan fingerprint density at radius 3 is 2.64 bits per heavy atom. The first-order chi connectivity index (χ1) is 11.8. The summed E-state index contributed by atoms with van der Waals surface area (Å²) in [5.41, 5.74) is 4.42. The zero-order valence-electron chi connectivity index (χ0n) is 12.9. The van der Waals surface area contributed by atoms with E-state index in [1.54, 1.807) is 0 Å². The third-order valence-corrected chi connectivity index (χ3v) is 3.78. The third-order valence-electron chi connectivity index (χ3n) is 3.78. The first-order valence-electron chi connectivity index (χ1n) is 7.39. The maximum Gasteiger partial charge on any atom is 0.416 e. The molecule has 1 aromatic heterocycles. The number of amides is 2. The van der Waals surface area contributed by atoms with Gasteiger partial charge >= 0.3 is 12.2 Å². The highest BCUT2D eigenvalue weighted by molar-refractivity contribution is 5.97. The Hall–Kier alpha value is -2.82. The number of fused-ring (bicyclic) bond motifs is 1. The van der Waals surface area contributed by atoms with E-state index in [9.17, 15) is 22.8 Å². The number of nitrogens with two attached hydrogens (primary N) is 1. The van der Waals surface area contributed by atoms with Crippen molar-refractivity contribution in [2.45, 2.75) is 12.2 Å². The van der Waals surface area contributed by atoms with Gasteiger partial charge in [-0.15, -0.1) is 5.10 Å². The van der Waals surface area contributed by atoms with E-state index >= 15 is 0 Å². The maximum atomic E-state index is 12.9. The summed E-state index contributed by atoms with van der Waals surface area (Å²) in [6.07, 6.45) is -4.55. The number of rotatable bonds is 4. The zero-order valence-corrected chi connectivity index (χ0v) is 12.9. The number of halogens is 3. The molecule has 2 amide bonds. The lowest BCUT2D eigenvalue weighted by Gasteiger charge is -2.27. The van der Waals surface area contributed by atoms with Gasteiger partial charge in [0.25, 0.3) is 0 Å². The molecule has 0 radical (unpaired) electrons. The molecule has 134 valence electrons. The van der Waals surface area contributed by atoms with Crippen LogP contribution >= 0.6 is 0 Å². The molecule has 1 aliphatic rings. The van der Waals surface area contributed by atoms with E-state index in [4.69, 9.17) is 5.73 Å². The quantitative estimate of drug-likeness (QED) is 0.636. The van der Waals surface area contributed by atoms with Crippen LogP contribution in [-0.2, 0) is 11.0 Å². The van der Waals surface area contributed by atoms with Gasteiger partial charge in [-0.25, -0.2) is 4.79 Å². The molecule has 1 aliphatic heterocycles. The smallest absolute Gasteiger partial charge is 0.359 e. The normalized spacial score (nSPS) is 15.0. The fourth-order valence-corrected chi connectivity index (χ4v) is 2.43. The molecule has 2 aromatic rings. The largest absolute Gasteiger partial charge is 0.416 e. The van der Waals surface area contributed by atoms with Crippen LogP contribution in [0.15, 0.2) is 18.2 Å². The summed E-state index contributed by atoms with van der Waals surface area (Å²) in [6.45, 7) is 1.14. The van der Waals surface area contributed by atoms with Gasteiger partial charge in [0.1, 0.15) is 0 Å². The first-order valence-corrected chi connectivity index (χ1v) is 7.39. The minimum absolute atomic E-state index is 0.0261. The van der Waals surface area contributed by atoms with E-state index in [1.807, 2.05) is 0 Å². The summed E-state index contributed by atoms with van der Waals surface area (Å²) in [6, 6.07) is 1.90. The zero-order chi connectivity index (χ0) is 18.2. The van der Waals surface area contributed by atoms with Crippen LogP contribution in [0.5, 0.6) is 0 Å². The van der Waals surface area contributed by atoms with Gasteiger partial charge in [0.15, 0.2) is 5.82 Å². The van der Waals surface area contributed by atoms with Crippen molar-refractivity contribution < 1.29 is 22.8 Å². The number of aromatic nitrogens is 2. The number of nitrogens with one attached hydrogen (secondary N) is 3. The summed E-state index contributed by atoms with van der Waals surface area (Å²) in [7, 11) is 0. The molecule has 25 heavy (non-hydrogen) atoms. The molecule has 11 heteroatoms. The van der Waals surface area contributed by atoms with Gasteiger partial charge in [0.05, 0.1) is 23.7 Å². The van der Waals surface area contributed by atoms with E-state index < -0.39 is 17.8 Å². The van der Waals surface area contributed by atoms with Crippen molar-refractivity contribution in [1.82, 2.24) is 20.4 Å². The van der Waals surface area contributed by atoms with Crippen molar-refractivity contribution >= 4 is 28.7 Å². The highest BCUT2D eigenvalue weighted by Crippen LogP contribution is 2.33. The topological polar surface area (TPSA) is 114 Å². The van der Waals surface area contributed by atoms with Crippen molar-refractivity contribution in [1.29, 1.82) is 0 Å². The van der Waals surface area contributed by atoms with Crippen molar-refractivity contribution in [2.24, 2.45) is 5.73 Å². The van der Waals surface area contributed by atoms with Crippen LogP contribution in [-0.4, -0.2) is 47.4 Å². The predicted octanol–water partition coefficient (Wildman–Crippen LogP) is 0.482. The molecule has 2 heterocycles. The number of carbonyl (C=O) groups is 2. The van der Waals surface area contributed by atoms with Crippen LogP contribution in [0.1, 0.15) is 5.56 Å². The van der Waals surface area contributed by atoms with Crippen molar-refractivity contribution in [3.05, 3.63) is 23.8 Å². The van der Waals surface area contributed by atoms with E-state index in [2.05, 4.69) is 21.0 Å². The molecular formula is C14H15F3N6O2. The molecule has 0 bridgehead atoms.